The summed E-state index contributed by atoms with van der Waals surface area (Å²) in [5.74, 6) is 1.34. The standard InChI is InChI=1S/C13H23N3O2/c1-2-17-9-11-15-12(18-16-11)8-13(10-14)6-4-3-5-7-13/h2-10,14H2,1H3. The summed E-state index contributed by atoms with van der Waals surface area (Å²) in [7, 11) is 0. The first kappa shape index (κ1) is 13.5. The first-order valence-electron chi connectivity index (χ1n) is 6.87. The van der Waals surface area contributed by atoms with Crippen molar-refractivity contribution in [2.24, 2.45) is 11.1 Å². The van der Waals surface area contributed by atoms with Crippen molar-refractivity contribution in [1.29, 1.82) is 0 Å². The minimum absolute atomic E-state index is 0.174. The second-order valence-electron chi connectivity index (χ2n) is 5.18. The van der Waals surface area contributed by atoms with Gasteiger partial charge in [-0.3, -0.25) is 0 Å². The lowest BCUT2D eigenvalue weighted by Gasteiger charge is -2.34. The fraction of sp³-hybridized carbons (Fsp3) is 0.846. The van der Waals surface area contributed by atoms with Crippen molar-refractivity contribution in [1.82, 2.24) is 10.1 Å². The van der Waals surface area contributed by atoms with Crippen molar-refractivity contribution in [2.45, 2.75) is 52.1 Å². The van der Waals surface area contributed by atoms with Crippen LogP contribution in [0.15, 0.2) is 4.52 Å². The summed E-state index contributed by atoms with van der Waals surface area (Å²) in [6.07, 6.45) is 7.00. The maximum Gasteiger partial charge on any atom is 0.227 e. The number of hydrogen-bond acceptors (Lipinski definition) is 5. The van der Waals surface area contributed by atoms with E-state index in [1.54, 1.807) is 0 Å². The molecule has 0 radical (unpaired) electrons. The third-order valence-corrected chi connectivity index (χ3v) is 3.82. The van der Waals surface area contributed by atoms with Gasteiger partial charge in [0.05, 0.1) is 0 Å². The summed E-state index contributed by atoms with van der Waals surface area (Å²) in [5, 5.41) is 3.93. The van der Waals surface area contributed by atoms with Gasteiger partial charge in [0.15, 0.2) is 5.82 Å². The Kier molecular flexibility index (Phi) is 4.72. The molecule has 5 heteroatoms. The van der Waals surface area contributed by atoms with Crippen LogP contribution >= 0.6 is 0 Å². The van der Waals surface area contributed by atoms with E-state index >= 15 is 0 Å². The van der Waals surface area contributed by atoms with Gasteiger partial charge in [0, 0.05) is 13.0 Å². The molecule has 0 saturated heterocycles. The molecule has 1 aromatic rings. The molecule has 18 heavy (non-hydrogen) atoms. The predicted molar refractivity (Wildman–Crippen MR) is 67.9 cm³/mol. The Bertz CT molecular complexity index is 359. The number of hydrogen-bond donors (Lipinski definition) is 1. The molecule has 0 atom stereocenters. The normalized spacial score (nSPS) is 19.0. The molecule has 0 spiro atoms. The van der Waals surface area contributed by atoms with E-state index in [9.17, 15) is 0 Å². The SMILES string of the molecule is CCOCc1noc(CC2(CN)CCCCC2)n1. The fourth-order valence-electron chi connectivity index (χ4n) is 2.69. The van der Waals surface area contributed by atoms with Gasteiger partial charge in [-0.25, -0.2) is 0 Å². The first-order valence-corrected chi connectivity index (χ1v) is 6.87. The zero-order valence-corrected chi connectivity index (χ0v) is 11.2. The Balaban J connectivity index is 1.96. The Morgan fingerprint density at radius 2 is 2.11 bits per heavy atom. The van der Waals surface area contributed by atoms with Gasteiger partial charge in [-0.2, -0.15) is 4.98 Å². The molecule has 2 rings (SSSR count). The number of ether oxygens (including phenoxy) is 1. The zero-order valence-electron chi connectivity index (χ0n) is 11.2. The van der Waals surface area contributed by atoms with E-state index in [1.807, 2.05) is 6.92 Å². The monoisotopic (exact) mass is 253 g/mol. The van der Waals surface area contributed by atoms with Crippen LogP contribution in [0.3, 0.4) is 0 Å². The largest absolute Gasteiger partial charge is 0.374 e. The Morgan fingerprint density at radius 3 is 2.78 bits per heavy atom. The van der Waals surface area contributed by atoms with Crippen molar-refractivity contribution < 1.29 is 9.26 Å². The van der Waals surface area contributed by atoms with Crippen LogP contribution in [0.4, 0.5) is 0 Å². The van der Waals surface area contributed by atoms with Crippen molar-refractivity contribution in [3.05, 3.63) is 11.7 Å². The van der Waals surface area contributed by atoms with Crippen LogP contribution in [-0.2, 0) is 17.8 Å². The molecule has 0 unspecified atom stereocenters. The van der Waals surface area contributed by atoms with E-state index in [0.29, 0.717) is 31.5 Å². The summed E-state index contributed by atoms with van der Waals surface area (Å²) in [5.41, 5.74) is 6.13. The van der Waals surface area contributed by atoms with Gasteiger partial charge < -0.3 is 15.0 Å². The number of rotatable bonds is 6. The molecule has 1 heterocycles. The van der Waals surface area contributed by atoms with Gasteiger partial charge in [-0.15, -0.1) is 0 Å². The topological polar surface area (TPSA) is 74.2 Å². The molecule has 5 nitrogen and oxygen atoms in total. The van der Waals surface area contributed by atoms with Crippen LogP contribution in [0.1, 0.15) is 50.7 Å². The summed E-state index contributed by atoms with van der Waals surface area (Å²) >= 11 is 0. The molecule has 1 aromatic heterocycles. The van der Waals surface area contributed by atoms with Crippen LogP contribution in [0.5, 0.6) is 0 Å². The Labute approximate surface area is 108 Å². The highest BCUT2D eigenvalue weighted by molar-refractivity contribution is 4.94. The lowest BCUT2D eigenvalue weighted by atomic mass is 9.72. The molecule has 1 fully saturated rings. The van der Waals surface area contributed by atoms with Gasteiger partial charge >= 0.3 is 0 Å². The minimum Gasteiger partial charge on any atom is -0.374 e. The second kappa shape index (κ2) is 6.29. The third kappa shape index (κ3) is 3.29. The Hall–Kier alpha value is -0.940. The smallest absolute Gasteiger partial charge is 0.227 e. The van der Waals surface area contributed by atoms with E-state index in [4.69, 9.17) is 15.0 Å². The minimum atomic E-state index is 0.174. The molecular weight excluding hydrogens is 230 g/mol. The number of nitrogens with zero attached hydrogens (tertiary/aromatic N) is 2. The molecule has 0 aromatic carbocycles. The third-order valence-electron chi connectivity index (χ3n) is 3.82. The van der Waals surface area contributed by atoms with Crippen LogP contribution in [0.25, 0.3) is 0 Å². The van der Waals surface area contributed by atoms with Crippen molar-refractivity contribution in [3.8, 4) is 0 Å². The molecule has 2 N–H and O–H groups in total. The summed E-state index contributed by atoms with van der Waals surface area (Å²) in [6, 6.07) is 0. The maximum absolute atomic E-state index is 5.96. The highest BCUT2D eigenvalue weighted by atomic mass is 16.5. The highest BCUT2D eigenvalue weighted by Crippen LogP contribution is 2.37. The molecule has 1 aliphatic rings. The quantitative estimate of drug-likeness (QED) is 0.840. The van der Waals surface area contributed by atoms with Crippen molar-refractivity contribution in [3.63, 3.8) is 0 Å². The van der Waals surface area contributed by atoms with Crippen molar-refractivity contribution >= 4 is 0 Å². The van der Waals surface area contributed by atoms with Gasteiger partial charge in [-0.1, -0.05) is 24.4 Å². The predicted octanol–water partition coefficient (Wildman–Crippen LogP) is 2.06. The molecule has 1 saturated carbocycles. The van der Waals surface area contributed by atoms with Crippen LogP contribution < -0.4 is 5.73 Å². The maximum atomic E-state index is 5.96. The van der Waals surface area contributed by atoms with E-state index in [2.05, 4.69) is 10.1 Å². The van der Waals surface area contributed by atoms with Crippen LogP contribution in [0.2, 0.25) is 0 Å². The van der Waals surface area contributed by atoms with Gasteiger partial charge in [0.1, 0.15) is 6.61 Å². The molecule has 102 valence electrons. The first-order chi connectivity index (χ1) is 8.78. The fourth-order valence-corrected chi connectivity index (χ4v) is 2.69. The van der Waals surface area contributed by atoms with E-state index in [1.165, 1.54) is 32.1 Å². The highest BCUT2D eigenvalue weighted by Gasteiger charge is 2.32. The summed E-state index contributed by atoms with van der Waals surface area (Å²) in [6.45, 7) is 3.74. The van der Waals surface area contributed by atoms with E-state index in [0.717, 1.165) is 6.42 Å². The number of aromatic nitrogens is 2. The lowest BCUT2D eigenvalue weighted by Crippen LogP contribution is -2.35. The number of nitrogens with two attached hydrogens (primary N) is 1. The zero-order chi connectivity index (χ0) is 12.8. The van der Waals surface area contributed by atoms with Crippen molar-refractivity contribution in [2.75, 3.05) is 13.2 Å². The summed E-state index contributed by atoms with van der Waals surface area (Å²) < 4.78 is 10.6. The molecule has 0 bridgehead atoms. The Morgan fingerprint density at radius 1 is 1.33 bits per heavy atom. The lowest BCUT2D eigenvalue weighted by molar-refractivity contribution is 0.126. The van der Waals surface area contributed by atoms with Crippen LogP contribution in [0, 0.1) is 5.41 Å². The molecule has 1 aliphatic carbocycles. The second-order valence-corrected chi connectivity index (χ2v) is 5.18. The average molecular weight is 253 g/mol. The average Bonchev–Trinajstić information content (AvgIpc) is 2.85. The van der Waals surface area contributed by atoms with E-state index in [-0.39, 0.29) is 5.41 Å². The molecule has 0 amide bonds. The van der Waals surface area contributed by atoms with Gasteiger partial charge in [0.25, 0.3) is 0 Å². The van der Waals surface area contributed by atoms with E-state index < -0.39 is 0 Å². The molecular formula is C13H23N3O2. The summed E-state index contributed by atoms with van der Waals surface area (Å²) in [4.78, 5) is 4.38. The molecule has 0 aliphatic heterocycles. The van der Waals surface area contributed by atoms with Crippen LogP contribution in [-0.4, -0.2) is 23.3 Å². The van der Waals surface area contributed by atoms with Gasteiger partial charge in [-0.05, 0) is 31.7 Å². The van der Waals surface area contributed by atoms with Gasteiger partial charge in [0.2, 0.25) is 5.89 Å².